The Morgan fingerprint density at radius 1 is 1.57 bits per heavy atom. The molecule has 1 amide bonds. The second-order valence-corrected chi connectivity index (χ2v) is 5.28. The Bertz CT molecular complexity index is 634. The zero-order valence-electron chi connectivity index (χ0n) is 12.1. The summed E-state index contributed by atoms with van der Waals surface area (Å²) in [6.45, 7) is 2.98. The van der Waals surface area contributed by atoms with E-state index in [2.05, 4.69) is 15.5 Å². The number of ether oxygens (including phenoxy) is 1. The molecule has 2 aromatic rings. The average molecular weight is 290 g/mol. The summed E-state index contributed by atoms with van der Waals surface area (Å²) in [5, 5.41) is 6.59. The van der Waals surface area contributed by atoms with E-state index >= 15 is 0 Å². The number of imidazole rings is 1. The highest BCUT2D eigenvalue weighted by atomic mass is 16.5. The number of carbonyl (C=O) groups excluding carboxylic acids is 1. The molecule has 112 valence electrons. The normalized spacial score (nSPS) is 21.6. The Labute approximate surface area is 122 Å². The predicted octanol–water partition coefficient (Wildman–Crippen LogP) is 1.22. The maximum atomic E-state index is 12.0. The van der Waals surface area contributed by atoms with Crippen LogP contribution in [0.25, 0.3) is 0 Å². The molecule has 1 fully saturated rings. The van der Waals surface area contributed by atoms with E-state index in [9.17, 15) is 4.79 Å². The van der Waals surface area contributed by atoms with Gasteiger partial charge in [0.15, 0.2) is 0 Å². The lowest BCUT2D eigenvalue weighted by Gasteiger charge is -2.18. The number of hydrogen-bond donors (Lipinski definition) is 1. The number of nitrogens with one attached hydrogen (secondary N) is 1. The van der Waals surface area contributed by atoms with E-state index in [1.807, 2.05) is 17.8 Å². The molecule has 0 radical (unpaired) electrons. The molecule has 0 spiro atoms. The maximum Gasteiger partial charge on any atom is 0.289 e. The van der Waals surface area contributed by atoms with Crippen molar-refractivity contribution in [2.24, 2.45) is 13.0 Å². The molecule has 0 aromatic carbocycles. The zero-order chi connectivity index (χ0) is 14.8. The molecular formula is C14H18N4O3. The molecule has 3 heterocycles. The molecule has 2 atom stereocenters. The number of rotatable bonds is 4. The van der Waals surface area contributed by atoms with Crippen molar-refractivity contribution in [1.29, 1.82) is 0 Å². The Morgan fingerprint density at radius 3 is 3.10 bits per heavy atom. The summed E-state index contributed by atoms with van der Waals surface area (Å²) in [4.78, 5) is 16.3. The van der Waals surface area contributed by atoms with Crippen LogP contribution in [-0.2, 0) is 11.8 Å². The lowest BCUT2D eigenvalue weighted by molar-refractivity contribution is 0.0769. The first-order valence-corrected chi connectivity index (χ1v) is 6.95. The van der Waals surface area contributed by atoms with Crippen LogP contribution in [0, 0.1) is 12.8 Å². The van der Waals surface area contributed by atoms with Gasteiger partial charge in [-0.1, -0.05) is 5.16 Å². The molecule has 7 nitrogen and oxygen atoms in total. The van der Waals surface area contributed by atoms with Gasteiger partial charge in [0.05, 0.1) is 5.69 Å². The van der Waals surface area contributed by atoms with Crippen LogP contribution in [0.15, 0.2) is 23.0 Å². The fourth-order valence-electron chi connectivity index (χ4n) is 2.56. The lowest BCUT2D eigenvalue weighted by atomic mass is 10.0. The molecule has 0 saturated carbocycles. The summed E-state index contributed by atoms with van der Waals surface area (Å²) < 4.78 is 12.7. The molecule has 0 bridgehead atoms. The van der Waals surface area contributed by atoms with E-state index < -0.39 is 0 Å². The largest absolute Gasteiger partial charge is 0.370 e. The molecule has 21 heavy (non-hydrogen) atoms. The maximum absolute atomic E-state index is 12.0. The van der Waals surface area contributed by atoms with Crippen LogP contribution in [0.2, 0.25) is 0 Å². The Morgan fingerprint density at radius 2 is 2.43 bits per heavy atom. The molecule has 0 unspecified atom stereocenters. The van der Waals surface area contributed by atoms with Gasteiger partial charge >= 0.3 is 0 Å². The number of nitrogens with zero attached hydrogens (tertiary/aromatic N) is 3. The minimum absolute atomic E-state index is 0.0817. The van der Waals surface area contributed by atoms with Gasteiger partial charge in [-0.25, -0.2) is 4.98 Å². The third kappa shape index (κ3) is 2.82. The van der Waals surface area contributed by atoms with Crippen molar-refractivity contribution < 1.29 is 14.1 Å². The number of carbonyl (C=O) groups is 1. The predicted molar refractivity (Wildman–Crippen MR) is 73.6 cm³/mol. The van der Waals surface area contributed by atoms with Crippen molar-refractivity contribution in [2.45, 2.75) is 19.4 Å². The lowest BCUT2D eigenvalue weighted by Crippen LogP contribution is -2.30. The summed E-state index contributed by atoms with van der Waals surface area (Å²) >= 11 is 0. The standard InChI is InChI=1S/C14H18N4O3/c1-9-7-11(21-17-9)14(19)16-8-10-3-6-20-12(10)13-15-4-5-18(13)2/h4-5,7,10,12H,3,6,8H2,1-2H3,(H,16,19)/t10-,12+/m0/s1. The number of aromatic nitrogens is 3. The van der Waals surface area contributed by atoms with Gasteiger partial charge in [-0.3, -0.25) is 4.79 Å². The number of aryl methyl sites for hydroxylation is 2. The molecule has 3 rings (SSSR count). The first kappa shape index (κ1) is 13.8. The van der Waals surface area contributed by atoms with Gasteiger partial charge in [-0.05, 0) is 13.3 Å². The SMILES string of the molecule is Cc1cc(C(=O)NC[C@@H]2CCO[C@H]2c2nccn2C)on1. The van der Waals surface area contributed by atoms with Crippen molar-refractivity contribution in [3.63, 3.8) is 0 Å². The van der Waals surface area contributed by atoms with Crippen LogP contribution in [0.1, 0.15) is 34.6 Å². The molecular weight excluding hydrogens is 272 g/mol. The van der Waals surface area contributed by atoms with Crippen molar-refractivity contribution >= 4 is 5.91 Å². The van der Waals surface area contributed by atoms with Crippen molar-refractivity contribution in [2.75, 3.05) is 13.2 Å². The minimum atomic E-state index is -0.249. The second kappa shape index (κ2) is 5.69. The van der Waals surface area contributed by atoms with E-state index in [0.717, 1.165) is 12.2 Å². The summed E-state index contributed by atoms with van der Waals surface area (Å²) in [7, 11) is 1.94. The molecule has 1 aliphatic heterocycles. The smallest absolute Gasteiger partial charge is 0.289 e. The molecule has 7 heteroatoms. The monoisotopic (exact) mass is 290 g/mol. The summed E-state index contributed by atoms with van der Waals surface area (Å²) in [5.74, 6) is 1.09. The first-order valence-electron chi connectivity index (χ1n) is 6.95. The summed E-state index contributed by atoms with van der Waals surface area (Å²) in [5.41, 5.74) is 0.690. The van der Waals surface area contributed by atoms with Gasteiger partial charge in [0, 0.05) is 44.6 Å². The highest BCUT2D eigenvalue weighted by Crippen LogP contribution is 2.32. The average Bonchev–Trinajstić information content (AvgIpc) is 3.16. The Hall–Kier alpha value is -2.15. The van der Waals surface area contributed by atoms with E-state index in [1.165, 1.54) is 0 Å². The minimum Gasteiger partial charge on any atom is -0.370 e. The molecule has 1 N–H and O–H groups in total. The Balaban J connectivity index is 1.62. The zero-order valence-corrected chi connectivity index (χ0v) is 12.1. The van der Waals surface area contributed by atoms with Crippen LogP contribution in [-0.4, -0.2) is 33.8 Å². The van der Waals surface area contributed by atoms with Crippen LogP contribution < -0.4 is 5.32 Å². The van der Waals surface area contributed by atoms with Gasteiger partial charge in [-0.2, -0.15) is 0 Å². The van der Waals surface area contributed by atoms with E-state index in [1.54, 1.807) is 19.2 Å². The van der Waals surface area contributed by atoms with E-state index in [0.29, 0.717) is 18.8 Å². The fraction of sp³-hybridized carbons (Fsp3) is 0.500. The van der Waals surface area contributed by atoms with Gasteiger partial charge in [0.1, 0.15) is 11.9 Å². The van der Waals surface area contributed by atoms with Crippen molar-refractivity contribution in [3.05, 3.63) is 35.7 Å². The Kier molecular flexibility index (Phi) is 3.74. The fourth-order valence-corrected chi connectivity index (χ4v) is 2.56. The van der Waals surface area contributed by atoms with Gasteiger partial charge in [-0.15, -0.1) is 0 Å². The van der Waals surface area contributed by atoms with Gasteiger partial charge in [0.2, 0.25) is 5.76 Å². The summed E-state index contributed by atoms with van der Waals surface area (Å²) in [6, 6.07) is 1.62. The van der Waals surface area contributed by atoms with Crippen LogP contribution in [0.4, 0.5) is 0 Å². The molecule has 1 aliphatic rings. The quantitative estimate of drug-likeness (QED) is 0.915. The topological polar surface area (TPSA) is 82.2 Å². The molecule has 0 aliphatic carbocycles. The van der Waals surface area contributed by atoms with Crippen molar-refractivity contribution in [3.8, 4) is 0 Å². The van der Waals surface area contributed by atoms with Gasteiger partial charge < -0.3 is 19.1 Å². The molecule has 2 aromatic heterocycles. The first-order chi connectivity index (χ1) is 10.1. The second-order valence-electron chi connectivity index (χ2n) is 5.28. The van der Waals surface area contributed by atoms with E-state index in [4.69, 9.17) is 9.26 Å². The van der Waals surface area contributed by atoms with Crippen LogP contribution >= 0.6 is 0 Å². The number of amides is 1. The third-order valence-corrected chi connectivity index (χ3v) is 3.70. The van der Waals surface area contributed by atoms with E-state index in [-0.39, 0.29) is 23.7 Å². The highest BCUT2D eigenvalue weighted by molar-refractivity contribution is 5.91. The van der Waals surface area contributed by atoms with Gasteiger partial charge in [0.25, 0.3) is 5.91 Å². The summed E-state index contributed by atoms with van der Waals surface area (Å²) in [6.07, 6.45) is 4.46. The molecule has 1 saturated heterocycles. The van der Waals surface area contributed by atoms with Crippen LogP contribution in [0.3, 0.4) is 0 Å². The number of hydrogen-bond acceptors (Lipinski definition) is 5. The van der Waals surface area contributed by atoms with Crippen molar-refractivity contribution in [1.82, 2.24) is 20.0 Å². The third-order valence-electron chi connectivity index (χ3n) is 3.70. The van der Waals surface area contributed by atoms with Crippen LogP contribution in [0.5, 0.6) is 0 Å². The highest BCUT2D eigenvalue weighted by Gasteiger charge is 2.32.